The van der Waals surface area contributed by atoms with Gasteiger partial charge >= 0.3 is 11.3 Å². The Bertz CT molecular complexity index is 1330. The minimum absolute atomic E-state index is 0.156. The molecule has 5 rings (SSSR count). The number of rotatable bonds is 4. The Morgan fingerprint density at radius 3 is 2.65 bits per heavy atom. The lowest BCUT2D eigenvalue weighted by Crippen LogP contribution is -2.55. The average molecular weight is 494 g/mol. The van der Waals surface area contributed by atoms with Crippen molar-refractivity contribution in [2.24, 2.45) is 0 Å². The number of phenols is 1. The molecule has 0 amide bonds. The minimum Gasteiger partial charge on any atom is -0.507 e. The summed E-state index contributed by atoms with van der Waals surface area (Å²) in [6.07, 6.45) is -0.403. The smallest absolute Gasteiger partial charge is 0.325 e. The van der Waals surface area contributed by atoms with Crippen molar-refractivity contribution in [3.63, 3.8) is 0 Å². The lowest BCUT2D eigenvalue weighted by atomic mass is 10.0. The molecule has 0 radical (unpaired) electrons. The van der Waals surface area contributed by atoms with Gasteiger partial charge in [-0.2, -0.15) is 0 Å². The number of H-pyrrole nitrogens is 1. The van der Waals surface area contributed by atoms with Crippen LogP contribution in [-0.4, -0.2) is 15.2 Å². The predicted octanol–water partition coefficient (Wildman–Crippen LogP) is 4.46. The number of halogens is 1. The van der Waals surface area contributed by atoms with Crippen LogP contribution >= 0.6 is 27.7 Å². The van der Waals surface area contributed by atoms with Gasteiger partial charge in [-0.1, -0.05) is 54.2 Å². The van der Waals surface area contributed by atoms with Gasteiger partial charge in [0.2, 0.25) is 5.16 Å². The third-order valence-electron chi connectivity index (χ3n) is 5.09. The molecule has 0 bridgehead atoms. The third kappa shape index (κ3) is 3.84. The number of nitrogens with zero attached hydrogens (tertiary/aromatic N) is 2. The molecule has 2 heterocycles. The number of aromatic nitrogens is 3. The lowest BCUT2D eigenvalue weighted by Gasteiger charge is -2.22. The number of thioether (sulfide) groups is 1. The van der Waals surface area contributed by atoms with Crippen molar-refractivity contribution in [2.75, 3.05) is 5.32 Å². The van der Waals surface area contributed by atoms with E-state index < -0.39 is 6.17 Å². The van der Waals surface area contributed by atoms with Crippen LogP contribution in [0.15, 0.2) is 87.2 Å². The van der Waals surface area contributed by atoms with Gasteiger partial charge in [0.25, 0.3) is 6.17 Å². The average Bonchev–Trinajstić information content (AvgIpc) is 2.79. The molecule has 0 aliphatic carbocycles. The molecule has 0 spiro atoms. The van der Waals surface area contributed by atoms with Gasteiger partial charge in [0, 0.05) is 16.4 Å². The molecule has 31 heavy (non-hydrogen) atoms. The Balaban J connectivity index is 1.61. The number of benzene rings is 3. The zero-order valence-corrected chi connectivity index (χ0v) is 18.7. The normalized spacial score (nSPS) is 14.4. The van der Waals surface area contributed by atoms with E-state index in [0.717, 1.165) is 22.4 Å². The van der Waals surface area contributed by atoms with Crippen molar-refractivity contribution < 1.29 is 9.79 Å². The van der Waals surface area contributed by atoms with Gasteiger partial charge in [-0.15, -0.1) is 0 Å². The van der Waals surface area contributed by atoms with Crippen LogP contribution in [0.3, 0.4) is 0 Å². The van der Waals surface area contributed by atoms with Crippen LogP contribution < -0.4 is 15.6 Å². The predicted molar refractivity (Wildman–Crippen MR) is 124 cm³/mol. The largest absolute Gasteiger partial charge is 0.507 e. The molecular weight excluding hydrogens is 476 g/mol. The molecule has 6 nitrogen and oxygen atoms in total. The number of aromatic hydroxyl groups is 1. The van der Waals surface area contributed by atoms with E-state index >= 15 is 0 Å². The standard InChI is InChI=1S/C23H17BrN4O2S/c24-17-12-15(10-11-19(17)29)21-25-18-9-5-4-8-16(18)20-22(30)26-23(27-28(20)21)31-13-14-6-2-1-3-7-14/h1-12,21H,13H2,(H2,26,27,29,30)/p+1/t21-/m0/s1. The van der Waals surface area contributed by atoms with E-state index in [1.165, 1.54) is 11.8 Å². The first-order valence-electron chi connectivity index (χ1n) is 9.67. The Morgan fingerprint density at radius 2 is 1.84 bits per heavy atom. The van der Waals surface area contributed by atoms with E-state index in [4.69, 9.17) is 5.10 Å². The van der Waals surface area contributed by atoms with Gasteiger partial charge in [-0.3, -0.25) is 9.78 Å². The molecule has 0 saturated heterocycles. The second-order valence-corrected chi connectivity index (χ2v) is 8.95. The zero-order valence-electron chi connectivity index (χ0n) is 16.2. The molecule has 1 aliphatic rings. The molecule has 0 unspecified atom stereocenters. The molecule has 8 heteroatoms. The second kappa shape index (κ2) is 8.20. The fourth-order valence-corrected chi connectivity index (χ4v) is 4.80. The van der Waals surface area contributed by atoms with E-state index in [9.17, 15) is 9.90 Å². The van der Waals surface area contributed by atoms with Crippen molar-refractivity contribution >= 4 is 33.4 Å². The molecule has 0 saturated carbocycles. The highest BCUT2D eigenvalue weighted by Gasteiger charge is 2.37. The monoisotopic (exact) mass is 493 g/mol. The third-order valence-corrected chi connectivity index (χ3v) is 6.66. The Labute approximate surface area is 191 Å². The number of anilines is 1. The van der Waals surface area contributed by atoms with Gasteiger partial charge in [0.1, 0.15) is 5.75 Å². The van der Waals surface area contributed by atoms with Gasteiger partial charge in [-0.05, 0) is 56.5 Å². The van der Waals surface area contributed by atoms with Crippen molar-refractivity contribution in [3.8, 4) is 17.0 Å². The highest BCUT2D eigenvalue weighted by Crippen LogP contribution is 2.34. The maximum absolute atomic E-state index is 13.1. The van der Waals surface area contributed by atoms with Crippen molar-refractivity contribution in [1.29, 1.82) is 0 Å². The van der Waals surface area contributed by atoms with E-state index in [-0.39, 0.29) is 11.3 Å². The van der Waals surface area contributed by atoms with Crippen molar-refractivity contribution in [3.05, 3.63) is 98.7 Å². The van der Waals surface area contributed by atoms with Gasteiger partial charge in [0.05, 0.1) is 15.7 Å². The Kier molecular flexibility index (Phi) is 5.25. The van der Waals surface area contributed by atoms with Crippen LogP contribution in [0.5, 0.6) is 5.75 Å². The van der Waals surface area contributed by atoms with Crippen LogP contribution in [0.25, 0.3) is 11.3 Å². The first-order chi connectivity index (χ1) is 15.1. The van der Waals surface area contributed by atoms with Crippen LogP contribution in [0, 0.1) is 0 Å². The van der Waals surface area contributed by atoms with E-state index in [1.54, 1.807) is 10.7 Å². The van der Waals surface area contributed by atoms with Gasteiger partial charge in [-0.25, -0.2) is 0 Å². The fraction of sp³-hybridized carbons (Fsp3) is 0.0870. The number of hydrogen-bond acceptors (Lipinski definition) is 5. The summed E-state index contributed by atoms with van der Waals surface area (Å²) in [4.78, 5) is 16.1. The summed E-state index contributed by atoms with van der Waals surface area (Å²) < 4.78 is 2.31. The highest BCUT2D eigenvalue weighted by atomic mass is 79.9. The number of aromatic amines is 1. The summed E-state index contributed by atoms with van der Waals surface area (Å²) in [5.74, 6) is 0.853. The zero-order chi connectivity index (χ0) is 21.4. The van der Waals surface area contributed by atoms with E-state index in [1.807, 2.05) is 66.7 Å². The maximum atomic E-state index is 13.1. The molecular formula is C23H18BrN4O2S+. The number of hydrogen-bond donors (Lipinski definition) is 3. The first kappa shape index (κ1) is 19.8. The van der Waals surface area contributed by atoms with Crippen LogP contribution in [0.4, 0.5) is 5.69 Å². The molecule has 1 aromatic heterocycles. The molecule has 4 aromatic rings. The summed E-state index contributed by atoms with van der Waals surface area (Å²) >= 11 is 4.86. The number of fused-ring (bicyclic) bond motifs is 3. The topological polar surface area (TPSA) is 81.9 Å². The van der Waals surface area contributed by atoms with E-state index in [2.05, 4.69) is 26.2 Å². The van der Waals surface area contributed by atoms with E-state index in [0.29, 0.717) is 21.1 Å². The highest BCUT2D eigenvalue weighted by molar-refractivity contribution is 9.10. The second-order valence-electron chi connectivity index (χ2n) is 7.13. The molecule has 154 valence electrons. The summed E-state index contributed by atoms with van der Waals surface area (Å²) in [5.41, 5.74) is 3.97. The minimum atomic E-state index is -0.403. The van der Waals surface area contributed by atoms with Gasteiger partial charge < -0.3 is 10.4 Å². The maximum Gasteiger partial charge on any atom is 0.325 e. The molecule has 3 N–H and O–H groups in total. The summed E-state index contributed by atoms with van der Waals surface area (Å²) in [6.45, 7) is 0. The number of para-hydroxylation sites is 1. The summed E-state index contributed by atoms with van der Waals surface area (Å²) in [6, 6.07) is 23.0. The van der Waals surface area contributed by atoms with Crippen LogP contribution in [0.1, 0.15) is 17.3 Å². The van der Waals surface area contributed by atoms with Gasteiger partial charge in [0.15, 0.2) is 0 Å². The van der Waals surface area contributed by atoms with Crippen LogP contribution in [-0.2, 0) is 5.75 Å². The van der Waals surface area contributed by atoms with Crippen molar-refractivity contribution in [2.45, 2.75) is 17.1 Å². The Morgan fingerprint density at radius 1 is 1.06 bits per heavy atom. The first-order valence-corrected chi connectivity index (χ1v) is 11.5. The summed E-state index contributed by atoms with van der Waals surface area (Å²) in [5, 5.41) is 18.7. The lowest BCUT2D eigenvalue weighted by molar-refractivity contribution is -0.759. The Hall–Kier alpha value is -3.10. The number of phenolic OH excluding ortho intramolecular Hbond substituents is 1. The molecule has 1 aliphatic heterocycles. The van der Waals surface area contributed by atoms with Crippen LogP contribution in [0.2, 0.25) is 0 Å². The SMILES string of the molecule is O=c1[nH]c(SCc2ccccc2)n[n+]2c1-c1ccccc1N[C@@H]2c1ccc(O)c(Br)c1. The quantitative estimate of drug-likeness (QED) is 0.289. The molecule has 1 atom stereocenters. The molecule has 0 fully saturated rings. The molecule has 3 aromatic carbocycles. The van der Waals surface area contributed by atoms with Crippen molar-refractivity contribution in [1.82, 2.24) is 10.1 Å². The fourth-order valence-electron chi connectivity index (χ4n) is 3.60. The number of nitrogens with one attached hydrogen (secondary N) is 2. The summed E-state index contributed by atoms with van der Waals surface area (Å²) in [7, 11) is 0.